The van der Waals surface area contributed by atoms with Gasteiger partial charge in [0.25, 0.3) is 0 Å². The van der Waals surface area contributed by atoms with Gasteiger partial charge in [0.2, 0.25) is 0 Å². The highest BCUT2D eigenvalue weighted by atomic mass is 19.2. The van der Waals surface area contributed by atoms with Gasteiger partial charge in [0.15, 0.2) is 23.2 Å². The zero-order valence-electron chi connectivity index (χ0n) is 12.0. The summed E-state index contributed by atoms with van der Waals surface area (Å²) in [6, 6.07) is 9.13. The number of ether oxygens (including phenoxy) is 1. The number of amides is 1. The maximum absolute atomic E-state index is 13.8. The third kappa shape index (κ3) is 3.88. The molecule has 4 nitrogen and oxygen atoms in total. The van der Waals surface area contributed by atoms with Crippen molar-refractivity contribution in [2.24, 2.45) is 0 Å². The Kier molecular flexibility index (Phi) is 5.00. The molecule has 0 fully saturated rings. The summed E-state index contributed by atoms with van der Waals surface area (Å²) in [6.07, 6.45) is -1.15. The van der Waals surface area contributed by atoms with E-state index in [2.05, 4.69) is 0 Å². The van der Waals surface area contributed by atoms with Crippen LogP contribution in [0.15, 0.2) is 36.4 Å². The molecule has 0 saturated carbocycles. The van der Waals surface area contributed by atoms with Gasteiger partial charge in [0, 0.05) is 0 Å². The van der Waals surface area contributed by atoms with Gasteiger partial charge in [-0.25, -0.2) is 18.0 Å². The summed E-state index contributed by atoms with van der Waals surface area (Å²) in [7, 11) is 0. The normalized spacial score (nSPS) is 10.3. The lowest BCUT2D eigenvalue weighted by Crippen LogP contribution is -2.17. The molecule has 1 amide bonds. The summed E-state index contributed by atoms with van der Waals surface area (Å²) in [5.41, 5.74) is -1.07. The zero-order valence-corrected chi connectivity index (χ0v) is 12.0. The fourth-order valence-corrected chi connectivity index (χ4v) is 1.83. The minimum atomic E-state index is -1.66. The van der Waals surface area contributed by atoms with Crippen LogP contribution >= 0.6 is 0 Å². The molecular weight excluding hydrogens is 311 g/mol. The highest BCUT2D eigenvalue weighted by molar-refractivity contribution is 5.95. The molecule has 0 aliphatic rings. The first kappa shape index (κ1) is 16.5. The van der Waals surface area contributed by atoms with Crippen molar-refractivity contribution in [1.29, 1.82) is 0 Å². The number of ketones is 1. The first-order valence-corrected chi connectivity index (χ1v) is 6.56. The van der Waals surface area contributed by atoms with E-state index < -0.39 is 40.6 Å². The molecule has 0 atom stereocenters. The molecule has 2 aromatic rings. The Bertz CT molecular complexity index is 748. The minimum Gasteiger partial charge on any atom is -0.444 e. The van der Waals surface area contributed by atoms with Crippen LogP contribution < -0.4 is 5.32 Å². The van der Waals surface area contributed by atoms with E-state index in [0.29, 0.717) is 11.6 Å². The lowest BCUT2D eigenvalue weighted by molar-refractivity contribution is 0.101. The van der Waals surface area contributed by atoms with Crippen LogP contribution in [0.3, 0.4) is 0 Å². The second-order valence-electron chi connectivity index (χ2n) is 4.65. The Morgan fingerprint density at radius 2 is 1.74 bits per heavy atom. The zero-order chi connectivity index (χ0) is 17.0. The SMILES string of the molecule is CC(=O)c1cc(F)c(NC(=O)OCc2ccccc2)c(F)c1F. The Morgan fingerprint density at radius 1 is 1.09 bits per heavy atom. The first-order chi connectivity index (χ1) is 10.9. The third-order valence-electron chi connectivity index (χ3n) is 2.98. The number of nitrogens with one attached hydrogen (secondary N) is 1. The van der Waals surface area contributed by atoms with Crippen molar-refractivity contribution in [2.75, 3.05) is 5.32 Å². The Balaban J connectivity index is 2.12. The number of carbonyl (C=O) groups is 2. The predicted octanol–water partition coefficient (Wildman–Crippen LogP) is 4.06. The second-order valence-corrected chi connectivity index (χ2v) is 4.65. The molecule has 120 valence electrons. The molecule has 2 rings (SSSR count). The molecule has 23 heavy (non-hydrogen) atoms. The van der Waals surface area contributed by atoms with Crippen LogP contribution in [0.1, 0.15) is 22.8 Å². The van der Waals surface area contributed by atoms with Gasteiger partial charge >= 0.3 is 6.09 Å². The summed E-state index contributed by atoms with van der Waals surface area (Å²) < 4.78 is 45.9. The predicted molar refractivity (Wildman–Crippen MR) is 76.6 cm³/mol. The number of halogens is 3. The van der Waals surface area contributed by atoms with Gasteiger partial charge in [-0.2, -0.15) is 0 Å². The maximum Gasteiger partial charge on any atom is 0.412 e. The highest BCUT2D eigenvalue weighted by Crippen LogP contribution is 2.25. The van der Waals surface area contributed by atoms with Crippen molar-refractivity contribution in [2.45, 2.75) is 13.5 Å². The van der Waals surface area contributed by atoms with Crippen molar-refractivity contribution in [1.82, 2.24) is 0 Å². The second kappa shape index (κ2) is 6.95. The van der Waals surface area contributed by atoms with E-state index in [4.69, 9.17) is 4.74 Å². The lowest BCUT2D eigenvalue weighted by Gasteiger charge is -2.10. The van der Waals surface area contributed by atoms with E-state index in [0.717, 1.165) is 6.92 Å². The Labute approximate surface area is 129 Å². The number of Topliss-reactive ketones (excluding diaryl/α,β-unsaturated/α-hetero) is 1. The molecule has 0 aliphatic heterocycles. The van der Waals surface area contributed by atoms with E-state index >= 15 is 0 Å². The molecule has 0 heterocycles. The molecule has 0 aliphatic carbocycles. The van der Waals surface area contributed by atoms with Crippen molar-refractivity contribution in [3.05, 3.63) is 65.0 Å². The van der Waals surface area contributed by atoms with Gasteiger partial charge < -0.3 is 4.74 Å². The standard InChI is InChI=1S/C16H12F3NO3/c1-9(21)11-7-12(17)15(14(19)13(11)18)20-16(22)23-8-10-5-3-2-4-6-10/h2-7H,8H2,1H3,(H,20,22). The van der Waals surface area contributed by atoms with Gasteiger partial charge in [-0.15, -0.1) is 0 Å². The van der Waals surface area contributed by atoms with E-state index in [1.165, 1.54) is 0 Å². The monoisotopic (exact) mass is 323 g/mol. The molecule has 0 spiro atoms. The van der Waals surface area contributed by atoms with Gasteiger partial charge in [-0.05, 0) is 18.6 Å². The molecule has 0 unspecified atom stereocenters. The average molecular weight is 323 g/mol. The van der Waals surface area contributed by atoms with Crippen LogP contribution in [0.5, 0.6) is 0 Å². The number of hydrogen-bond donors (Lipinski definition) is 1. The molecule has 0 saturated heterocycles. The number of benzene rings is 2. The lowest BCUT2D eigenvalue weighted by atomic mass is 10.1. The van der Waals surface area contributed by atoms with Gasteiger partial charge in [-0.1, -0.05) is 30.3 Å². The van der Waals surface area contributed by atoms with Crippen molar-refractivity contribution < 1.29 is 27.5 Å². The van der Waals surface area contributed by atoms with Crippen LogP contribution in [0.25, 0.3) is 0 Å². The van der Waals surface area contributed by atoms with E-state index in [-0.39, 0.29) is 6.61 Å². The van der Waals surface area contributed by atoms with Gasteiger partial charge in [0.05, 0.1) is 5.56 Å². The van der Waals surface area contributed by atoms with Crippen molar-refractivity contribution >= 4 is 17.6 Å². The smallest absolute Gasteiger partial charge is 0.412 e. The first-order valence-electron chi connectivity index (χ1n) is 6.56. The number of carbonyl (C=O) groups excluding carboxylic acids is 2. The summed E-state index contributed by atoms with van der Waals surface area (Å²) >= 11 is 0. The van der Waals surface area contributed by atoms with E-state index in [9.17, 15) is 22.8 Å². The van der Waals surface area contributed by atoms with Crippen molar-refractivity contribution in [3.8, 4) is 0 Å². The highest BCUT2D eigenvalue weighted by Gasteiger charge is 2.22. The number of anilines is 1. The van der Waals surface area contributed by atoms with Crippen LogP contribution in [0, 0.1) is 17.5 Å². The number of rotatable bonds is 4. The average Bonchev–Trinajstić information content (AvgIpc) is 2.53. The maximum atomic E-state index is 13.8. The number of hydrogen-bond acceptors (Lipinski definition) is 3. The fourth-order valence-electron chi connectivity index (χ4n) is 1.83. The molecule has 0 aromatic heterocycles. The van der Waals surface area contributed by atoms with Crippen LogP contribution in [-0.4, -0.2) is 11.9 Å². The Morgan fingerprint density at radius 3 is 2.35 bits per heavy atom. The molecule has 7 heteroatoms. The summed E-state index contributed by atoms with van der Waals surface area (Å²) in [5, 5.41) is 1.79. The van der Waals surface area contributed by atoms with E-state index in [1.54, 1.807) is 35.6 Å². The van der Waals surface area contributed by atoms with Gasteiger partial charge in [0.1, 0.15) is 12.3 Å². The third-order valence-corrected chi connectivity index (χ3v) is 2.98. The van der Waals surface area contributed by atoms with Crippen LogP contribution in [0.4, 0.5) is 23.7 Å². The Hall–Kier alpha value is -2.83. The molecular formula is C16H12F3NO3. The van der Waals surface area contributed by atoms with Crippen molar-refractivity contribution in [3.63, 3.8) is 0 Å². The quantitative estimate of drug-likeness (QED) is 0.682. The topological polar surface area (TPSA) is 55.4 Å². The van der Waals surface area contributed by atoms with Crippen LogP contribution in [0.2, 0.25) is 0 Å². The molecule has 0 bridgehead atoms. The molecule has 0 radical (unpaired) electrons. The largest absolute Gasteiger partial charge is 0.444 e. The summed E-state index contributed by atoms with van der Waals surface area (Å²) in [6.45, 7) is 0.850. The summed E-state index contributed by atoms with van der Waals surface area (Å²) in [4.78, 5) is 22.6. The molecule has 2 aromatic carbocycles. The summed E-state index contributed by atoms with van der Waals surface area (Å²) in [5.74, 6) is -5.30. The van der Waals surface area contributed by atoms with Gasteiger partial charge in [-0.3, -0.25) is 10.1 Å². The van der Waals surface area contributed by atoms with Crippen LogP contribution in [-0.2, 0) is 11.3 Å². The molecule has 1 N–H and O–H groups in total. The van der Waals surface area contributed by atoms with E-state index in [1.807, 2.05) is 0 Å². The minimum absolute atomic E-state index is 0.121. The fraction of sp³-hybridized carbons (Fsp3) is 0.125.